The monoisotopic (exact) mass is 387 g/mol. The van der Waals surface area contributed by atoms with E-state index in [2.05, 4.69) is 10.6 Å². The molecule has 1 aliphatic carbocycles. The topological polar surface area (TPSA) is 97.0 Å². The number of carbonyl (C=O) groups is 3. The van der Waals surface area contributed by atoms with Gasteiger partial charge in [-0.1, -0.05) is 19.3 Å². The molecule has 0 spiro atoms. The van der Waals surface area contributed by atoms with Crippen molar-refractivity contribution in [2.75, 3.05) is 25.1 Å². The first kappa shape index (κ1) is 18.6. The summed E-state index contributed by atoms with van der Waals surface area (Å²) >= 11 is 0. The molecule has 2 N–H and O–H groups in total. The van der Waals surface area contributed by atoms with Crippen LogP contribution in [0, 0.1) is 5.92 Å². The van der Waals surface area contributed by atoms with E-state index in [9.17, 15) is 14.4 Å². The third-order valence-corrected chi connectivity index (χ3v) is 5.85. The van der Waals surface area contributed by atoms with Crippen LogP contribution >= 0.6 is 0 Å². The van der Waals surface area contributed by atoms with Gasteiger partial charge in [0, 0.05) is 11.8 Å². The molecule has 2 heterocycles. The highest BCUT2D eigenvalue weighted by atomic mass is 16.6. The third-order valence-electron chi connectivity index (χ3n) is 5.85. The van der Waals surface area contributed by atoms with Gasteiger partial charge in [-0.2, -0.15) is 0 Å². The quantitative estimate of drug-likeness (QED) is 0.773. The van der Waals surface area contributed by atoms with Crippen molar-refractivity contribution >= 4 is 23.5 Å². The predicted octanol–water partition coefficient (Wildman–Crippen LogP) is 2.29. The van der Waals surface area contributed by atoms with Crippen molar-refractivity contribution in [1.82, 2.24) is 10.2 Å². The minimum absolute atomic E-state index is 0.114. The number of benzene rings is 1. The minimum atomic E-state index is -0.922. The Balaban J connectivity index is 1.41. The smallest absolute Gasteiger partial charge is 0.325 e. The average molecular weight is 387 g/mol. The zero-order valence-electron chi connectivity index (χ0n) is 16.0. The van der Waals surface area contributed by atoms with E-state index >= 15 is 0 Å². The summed E-state index contributed by atoms with van der Waals surface area (Å²) in [5.41, 5.74) is -0.397. The largest absolute Gasteiger partial charge is 0.486 e. The normalized spacial score (nSPS) is 24.8. The first-order chi connectivity index (χ1) is 13.5. The number of hydrogen-bond acceptors (Lipinski definition) is 5. The van der Waals surface area contributed by atoms with Gasteiger partial charge in [0.2, 0.25) is 5.91 Å². The Morgan fingerprint density at radius 3 is 2.64 bits per heavy atom. The summed E-state index contributed by atoms with van der Waals surface area (Å²) < 4.78 is 11.0. The van der Waals surface area contributed by atoms with Crippen molar-refractivity contribution in [3.8, 4) is 11.5 Å². The molecule has 8 nitrogen and oxygen atoms in total. The highest BCUT2D eigenvalue weighted by Gasteiger charge is 2.52. The van der Waals surface area contributed by atoms with Crippen molar-refractivity contribution in [1.29, 1.82) is 0 Å². The number of hydrogen-bond donors (Lipinski definition) is 2. The van der Waals surface area contributed by atoms with Crippen LogP contribution in [0.2, 0.25) is 0 Å². The van der Waals surface area contributed by atoms with Crippen LogP contribution in [0.5, 0.6) is 11.5 Å². The lowest BCUT2D eigenvalue weighted by molar-refractivity contribution is -0.135. The number of nitrogens with one attached hydrogen (secondary N) is 2. The molecular weight excluding hydrogens is 362 g/mol. The molecule has 0 aromatic heterocycles. The van der Waals surface area contributed by atoms with E-state index in [0.717, 1.165) is 37.0 Å². The number of imide groups is 1. The Labute approximate surface area is 163 Å². The lowest BCUT2D eigenvalue weighted by Crippen LogP contribution is -2.51. The maximum atomic E-state index is 12.9. The first-order valence-electron chi connectivity index (χ1n) is 9.81. The van der Waals surface area contributed by atoms with E-state index in [1.54, 1.807) is 25.1 Å². The van der Waals surface area contributed by atoms with Crippen molar-refractivity contribution < 1.29 is 23.9 Å². The third kappa shape index (κ3) is 3.39. The van der Waals surface area contributed by atoms with Gasteiger partial charge >= 0.3 is 6.03 Å². The van der Waals surface area contributed by atoms with Gasteiger partial charge in [-0.25, -0.2) is 4.79 Å². The number of nitrogens with zero attached hydrogens (tertiary/aromatic N) is 1. The van der Waals surface area contributed by atoms with Crippen molar-refractivity contribution in [3.05, 3.63) is 18.2 Å². The van der Waals surface area contributed by atoms with Crippen molar-refractivity contribution in [3.63, 3.8) is 0 Å². The Bertz CT molecular complexity index is 805. The van der Waals surface area contributed by atoms with E-state index in [1.165, 1.54) is 0 Å². The molecule has 1 unspecified atom stereocenters. The van der Waals surface area contributed by atoms with E-state index in [4.69, 9.17) is 9.47 Å². The summed E-state index contributed by atoms with van der Waals surface area (Å²) in [6.07, 6.45) is 5.12. The molecule has 1 aromatic rings. The number of anilines is 1. The molecular formula is C20H25N3O5. The van der Waals surface area contributed by atoms with Gasteiger partial charge in [0.1, 0.15) is 25.3 Å². The standard InChI is InChI=1S/C20H25N3O5/c1-20(13-5-3-2-4-6-13)18(25)23(19(26)22-20)12-17(24)21-14-7-8-15-16(11-14)28-10-9-27-15/h7-8,11,13H,2-6,9-10,12H2,1H3,(H,21,24)(H,22,26). The van der Waals surface area contributed by atoms with Crippen molar-refractivity contribution in [2.24, 2.45) is 5.92 Å². The van der Waals surface area contributed by atoms with E-state index < -0.39 is 17.5 Å². The molecule has 0 radical (unpaired) electrons. The van der Waals surface area contributed by atoms with Crippen LogP contribution in [-0.2, 0) is 9.59 Å². The zero-order chi connectivity index (χ0) is 19.7. The molecule has 1 aromatic carbocycles. The molecule has 1 atom stereocenters. The van der Waals surface area contributed by atoms with Gasteiger partial charge in [0.05, 0.1) is 0 Å². The number of urea groups is 1. The van der Waals surface area contributed by atoms with Crippen LogP contribution in [0.15, 0.2) is 18.2 Å². The number of carbonyl (C=O) groups excluding carboxylic acids is 3. The van der Waals surface area contributed by atoms with Crippen LogP contribution in [0.4, 0.5) is 10.5 Å². The fourth-order valence-corrected chi connectivity index (χ4v) is 4.28. The van der Waals surface area contributed by atoms with Crippen LogP contribution in [0.1, 0.15) is 39.0 Å². The minimum Gasteiger partial charge on any atom is -0.486 e. The second-order valence-electron chi connectivity index (χ2n) is 7.77. The van der Waals surface area contributed by atoms with Gasteiger partial charge < -0.3 is 20.1 Å². The summed E-state index contributed by atoms with van der Waals surface area (Å²) in [7, 11) is 0. The highest BCUT2D eigenvalue weighted by Crippen LogP contribution is 2.36. The Kier molecular flexibility index (Phi) is 4.87. The SMILES string of the molecule is CC1(C2CCCCC2)NC(=O)N(CC(=O)Nc2ccc3c(c2)OCCO3)C1=O. The summed E-state index contributed by atoms with van der Waals surface area (Å²) in [5, 5.41) is 5.55. The molecule has 150 valence electrons. The number of rotatable bonds is 4. The fourth-order valence-electron chi connectivity index (χ4n) is 4.28. The molecule has 0 bridgehead atoms. The van der Waals surface area contributed by atoms with Crippen LogP contribution in [0.25, 0.3) is 0 Å². The zero-order valence-corrected chi connectivity index (χ0v) is 16.0. The van der Waals surface area contributed by atoms with Gasteiger partial charge in [-0.05, 0) is 37.8 Å². The second kappa shape index (κ2) is 7.33. The second-order valence-corrected chi connectivity index (χ2v) is 7.77. The van der Waals surface area contributed by atoms with Gasteiger partial charge in [-0.15, -0.1) is 0 Å². The maximum absolute atomic E-state index is 12.9. The first-order valence-corrected chi connectivity index (χ1v) is 9.81. The average Bonchev–Trinajstić information content (AvgIpc) is 2.92. The Morgan fingerprint density at radius 1 is 1.18 bits per heavy atom. The lowest BCUT2D eigenvalue weighted by Gasteiger charge is -2.34. The molecule has 28 heavy (non-hydrogen) atoms. The fraction of sp³-hybridized carbons (Fsp3) is 0.550. The Morgan fingerprint density at radius 2 is 1.89 bits per heavy atom. The summed E-state index contributed by atoms with van der Waals surface area (Å²) in [6.45, 7) is 2.40. The molecule has 3 aliphatic rings. The summed E-state index contributed by atoms with van der Waals surface area (Å²) in [6, 6.07) is 4.58. The molecule has 1 saturated heterocycles. The molecule has 2 aliphatic heterocycles. The Hall–Kier alpha value is -2.77. The molecule has 4 amide bonds. The van der Waals surface area contributed by atoms with E-state index in [0.29, 0.717) is 30.4 Å². The molecule has 4 rings (SSSR count). The van der Waals surface area contributed by atoms with Crippen LogP contribution in [0.3, 0.4) is 0 Å². The maximum Gasteiger partial charge on any atom is 0.325 e. The number of amides is 4. The van der Waals surface area contributed by atoms with Crippen LogP contribution < -0.4 is 20.1 Å². The van der Waals surface area contributed by atoms with E-state index in [-0.39, 0.29) is 18.4 Å². The van der Waals surface area contributed by atoms with Gasteiger partial charge in [-0.3, -0.25) is 14.5 Å². The van der Waals surface area contributed by atoms with Crippen LogP contribution in [-0.4, -0.2) is 48.0 Å². The molecule has 2 fully saturated rings. The number of ether oxygens (including phenoxy) is 2. The lowest BCUT2D eigenvalue weighted by atomic mass is 9.75. The van der Waals surface area contributed by atoms with E-state index in [1.807, 2.05) is 0 Å². The summed E-state index contributed by atoms with van der Waals surface area (Å²) in [5.74, 6) is 0.545. The number of fused-ring (bicyclic) bond motifs is 1. The highest BCUT2D eigenvalue weighted by molar-refractivity contribution is 6.10. The van der Waals surface area contributed by atoms with Gasteiger partial charge in [0.15, 0.2) is 11.5 Å². The predicted molar refractivity (Wildman–Crippen MR) is 101 cm³/mol. The van der Waals surface area contributed by atoms with Gasteiger partial charge in [0.25, 0.3) is 5.91 Å². The van der Waals surface area contributed by atoms with Crippen molar-refractivity contribution in [2.45, 2.75) is 44.6 Å². The summed E-state index contributed by atoms with van der Waals surface area (Å²) in [4.78, 5) is 38.8. The molecule has 8 heteroatoms. The molecule has 1 saturated carbocycles.